The lowest BCUT2D eigenvalue weighted by Crippen LogP contribution is -2.06. The highest BCUT2D eigenvalue weighted by molar-refractivity contribution is 6.31. The van der Waals surface area contributed by atoms with E-state index in [1.807, 2.05) is 6.07 Å². The van der Waals surface area contributed by atoms with Crippen molar-refractivity contribution in [1.29, 1.82) is 5.26 Å². The van der Waals surface area contributed by atoms with Gasteiger partial charge in [-0.2, -0.15) is 5.26 Å². The van der Waals surface area contributed by atoms with Crippen molar-refractivity contribution in [1.82, 2.24) is 0 Å². The number of nitro benzene ring substituents is 1. The standard InChI is InChI=1S/C18H9ClN2O4/c19-12-6-8-17-14(9-12)13(15(10-20)18(22)25-17)7-5-11-3-1-2-4-16(11)21(23)24/h1-9H/b7-5+. The summed E-state index contributed by atoms with van der Waals surface area (Å²) in [5.41, 5.74) is -0.128. The van der Waals surface area contributed by atoms with E-state index in [0.717, 1.165) is 0 Å². The minimum absolute atomic E-state index is 0.0810. The van der Waals surface area contributed by atoms with Crippen LogP contribution in [0.1, 0.15) is 16.7 Å². The SMILES string of the molecule is N#Cc1c(/C=C/c2ccccc2[N+](=O)[O-])c2cc(Cl)ccc2oc1=O. The Hall–Kier alpha value is -3.43. The van der Waals surface area contributed by atoms with E-state index >= 15 is 0 Å². The van der Waals surface area contributed by atoms with Gasteiger partial charge >= 0.3 is 5.63 Å². The molecule has 1 aromatic heterocycles. The molecule has 0 amide bonds. The zero-order valence-corrected chi connectivity index (χ0v) is 13.4. The highest BCUT2D eigenvalue weighted by Gasteiger charge is 2.14. The summed E-state index contributed by atoms with van der Waals surface area (Å²) in [6, 6.07) is 12.6. The molecule has 0 aliphatic rings. The van der Waals surface area contributed by atoms with E-state index in [1.165, 1.54) is 24.3 Å². The van der Waals surface area contributed by atoms with E-state index in [4.69, 9.17) is 16.0 Å². The summed E-state index contributed by atoms with van der Waals surface area (Å²) in [6.07, 6.45) is 2.96. The molecule has 0 bridgehead atoms. The Morgan fingerprint density at radius 1 is 1.20 bits per heavy atom. The first-order chi connectivity index (χ1) is 12.0. The summed E-state index contributed by atoms with van der Waals surface area (Å²) >= 11 is 5.99. The summed E-state index contributed by atoms with van der Waals surface area (Å²) in [7, 11) is 0. The maximum atomic E-state index is 12.0. The lowest BCUT2D eigenvalue weighted by Gasteiger charge is -2.04. The molecule has 6 nitrogen and oxygen atoms in total. The normalized spacial score (nSPS) is 10.9. The van der Waals surface area contributed by atoms with Crippen LogP contribution in [-0.2, 0) is 0 Å². The van der Waals surface area contributed by atoms with Gasteiger partial charge in [0.25, 0.3) is 5.69 Å². The molecule has 0 atom stereocenters. The van der Waals surface area contributed by atoms with Crippen molar-refractivity contribution in [2.24, 2.45) is 0 Å². The molecule has 2 aromatic carbocycles. The number of hydrogen-bond acceptors (Lipinski definition) is 5. The molecule has 25 heavy (non-hydrogen) atoms. The summed E-state index contributed by atoms with van der Waals surface area (Å²) in [5, 5.41) is 21.3. The molecule has 122 valence electrons. The van der Waals surface area contributed by atoms with Crippen molar-refractivity contribution in [3.05, 3.63) is 84.7 Å². The molecule has 3 rings (SSSR count). The maximum absolute atomic E-state index is 12.0. The van der Waals surface area contributed by atoms with Crippen LogP contribution in [0, 0.1) is 21.4 Å². The van der Waals surface area contributed by atoms with Gasteiger partial charge in [0.2, 0.25) is 0 Å². The molecule has 7 heteroatoms. The second-order valence-corrected chi connectivity index (χ2v) is 5.52. The van der Waals surface area contributed by atoms with Gasteiger partial charge in [-0.25, -0.2) is 4.79 Å². The zero-order valence-electron chi connectivity index (χ0n) is 12.6. The molecule has 0 spiro atoms. The highest BCUT2D eigenvalue weighted by atomic mass is 35.5. The Bertz CT molecular complexity index is 1130. The average Bonchev–Trinajstić information content (AvgIpc) is 2.60. The topological polar surface area (TPSA) is 97.1 Å². The van der Waals surface area contributed by atoms with Gasteiger partial charge in [0.1, 0.15) is 17.2 Å². The lowest BCUT2D eigenvalue weighted by molar-refractivity contribution is -0.385. The molecule has 0 aliphatic heterocycles. The molecule has 0 radical (unpaired) electrons. The number of rotatable bonds is 3. The number of nitrogens with zero attached hydrogens (tertiary/aromatic N) is 2. The largest absolute Gasteiger partial charge is 0.422 e. The fraction of sp³-hybridized carbons (Fsp3) is 0. The fourth-order valence-corrected chi connectivity index (χ4v) is 2.62. The molecule has 0 fully saturated rings. The monoisotopic (exact) mass is 352 g/mol. The predicted molar refractivity (Wildman–Crippen MR) is 94.2 cm³/mol. The van der Waals surface area contributed by atoms with Gasteiger partial charge in [-0.1, -0.05) is 29.8 Å². The Balaban J connectivity index is 2.26. The quantitative estimate of drug-likeness (QED) is 0.395. The van der Waals surface area contributed by atoms with Crippen LogP contribution in [0.25, 0.3) is 23.1 Å². The second-order valence-electron chi connectivity index (χ2n) is 5.08. The molecule has 1 heterocycles. The van der Waals surface area contributed by atoms with Gasteiger partial charge in [-0.05, 0) is 30.3 Å². The van der Waals surface area contributed by atoms with Crippen LogP contribution < -0.4 is 5.63 Å². The summed E-state index contributed by atoms with van der Waals surface area (Å²) < 4.78 is 5.11. The Kier molecular flexibility index (Phi) is 4.33. The van der Waals surface area contributed by atoms with Crippen molar-refractivity contribution in [3.63, 3.8) is 0 Å². The maximum Gasteiger partial charge on any atom is 0.354 e. The first-order valence-corrected chi connectivity index (χ1v) is 7.47. The minimum atomic E-state index is -0.778. The Morgan fingerprint density at radius 3 is 2.68 bits per heavy atom. The number of halogens is 1. The number of nitro groups is 1. The molecular formula is C18H9ClN2O4. The third-order valence-corrected chi connectivity index (χ3v) is 3.82. The molecule has 0 aliphatic carbocycles. The van der Waals surface area contributed by atoms with Gasteiger partial charge in [0, 0.05) is 22.0 Å². The summed E-state index contributed by atoms with van der Waals surface area (Å²) in [6.45, 7) is 0. The van der Waals surface area contributed by atoms with E-state index in [2.05, 4.69) is 0 Å². The number of benzene rings is 2. The third-order valence-electron chi connectivity index (χ3n) is 3.58. The number of hydrogen-bond donors (Lipinski definition) is 0. The molecular weight excluding hydrogens is 344 g/mol. The van der Waals surface area contributed by atoms with Crippen molar-refractivity contribution in [2.75, 3.05) is 0 Å². The summed E-state index contributed by atoms with van der Waals surface area (Å²) in [5.74, 6) is 0. The van der Waals surface area contributed by atoms with Crippen molar-refractivity contribution in [3.8, 4) is 6.07 Å². The lowest BCUT2D eigenvalue weighted by atomic mass is 10.0. The fourth-order valence-electron chi connectivity index (χ4n) is 2.44. The van der Waals surface area contributed by atoms with E-state index in [9.17, 15) is 20.2 Å². The van der Waals surface area contributed by atoms with Crippen molar-refractivity contribution < 1.29 is 9.34 Å². The van der Waals surface area contributed by atoms with Gasteiger partial charge in [-0.15, -0.1) is 0 Å². The first kappa shape index (κ1) is 16.4. The number of para-hydroxylation sites is 1. The molecule has 3 aromatic rings. The number of fused-ring (bicyclic) bond motifs is 1. The highest BCUT2D eigenvalue weighted by Crippen LogP contribution is 2.26. The van der Waals surface area contributed by atoms with Crippen LogP contribution in [0.5, 0.6) is 0 Å². The molecule has 0 saturated carbocycles. The van der Waals surface area contributed by atoms with E-state index in [1.54, 1.807) is 30.3 Å². The van der Waals surface area contributed by atoms with E-state index in [-0.39, 0.29) is 16.8 Å². The molecule has 0 N–H and O–H groups in total. The van der Waals surface area contributed by atoms with Gasteiger partial charge in [-0.3, -0.25) is 10.1 Å². The zero-order chi connectivity index (χ0) is 18.0. The van der Waals surface area contributed by atoms with Crippen molar-refractivity contribution in [2.45, 2.75) is 0 Å². The van der Waals surface area contributed by atoms with Crippen LogP contribution in [-0.4, -0.2) is 4.92 Å². The van der Waals surface area contributed by atoms with E-state index in [0.29, 0.717) is 21.5 Å². The number of nitriles is 1. The second kappa shape index (κ2) is 6.59. The van der Waals surface area contributed by atoms with Crippen LogP contribution in [0.15, 0.2) is 51.7 Å². The van der Waals surface area contributed by atoms with Crippen LogP contribution in [0.2, 0.25) is 5.02 Å². The van der Waals surface area contributed by atoms with Gasteiger partial charge in [0.15, 0.2) is 0 Å². The predicted octanol–water partition coefficient (Wildman–Crippen LogP) is 4.40. The first-order valence-electron chi connectivity index (χ1n) is 7.09. The molecule has 0 unspecified atom stereocenters. The van der Waals surface area contributed by atoms with Crippen LogP contribution in [0.4, 0.5) is 5.69 Å². The third kappa shape index (κ3) is 3.13. The van der Waals surface area contributed by atoms with Gasteiger partial charge in [0.05, 0.1) is 10.5 Å². The van der Waals surface area contributed by atoms with E-state index < -0.39 is 10.5 Å². The molecule has 0 saturated heterocycles. The Morgan fingerprint density at radius 2 is 1.96 bits per heavy atom. The van der Waals surface area contributed by atoms with Crippen LogP contribution in [0.3, 0.4) is 0 Å². The average molecular weight is 353 g/mol. The Labute approximate surface area is 146 Å². The van der Waals surface area contributed by atoms with Crippen LogP contribution >= 0.6 is 11.6 Å². The summed E-state index contributed by atoms with van der Waals surface area (Å²) in [4.78, 5) is 22.6. The smallest absolute Gasteiger partial charge is 0.354 e. The minimum Gasteiger partial charge on any atom is -0.422 e. The van der Waals surface area contributed by atoms with Gasteiger partial charge < -0.3 is 4.42 Å². The van der Waals surface area contributed by atoms with Crippen molar-refractivity contribution >= 4 is 40.4 Å².